The van der Waals surface area contributed by atoms with Crippen LogP contribution in [0.3, 0.4) is 0 Å². The van der Waals surface area contributed by atoms with Crippen molar-refractivity contribution in [1.82, 2.24) is 4.98 Å². The molecule has 2 rings (SSSR count). The van der Waals surface area contributed by atoms with E-state index in [2.05, 4.69) is 15.3 Å². The quantitative estimate of drug-likeness (QED) is 0.623. The Hall–Kier alpha value is -2.30. The Morgan fingerprint density at radius 3 is 2.82 bits per heavy atom. The van der Waals surface area contributed by atoms with Gasteiger partial charge in [-0.3, -0.25) is 0 Å². The molecule has 1 aromatic carbocycles. The van der Waals surface area contributed by atoms with Crippen molar-refractivity contribution in [2.75, 3.05) is 5.32 Å². The first-order valence-electron chi connectivity index (χ1n) is 5.27. The van der Waals surface area contributed by atoms with Crippen molar-refractivity contribution in [3.63, 3.8) is 0 Å². The summed E-state index contributed by atoms with van der Waals surface area (Å²) in [6.07, 6.45) is 1.66. The predicted octanol–water partition coefficient (Wildman–Crippen LogP) is 1.91. The molecule has 0 saturated carbocycles. The summed E-state index contributed by atoms with van der Waals surface area (Å²) in [5.74, 6) is 1.66. The van der Waals surface area contributed by atoms with Crippen LogP contribution in [0.1, 0.15) is 11.7 Å². The zero-order valence-corrected chi connectivity index (χ0v) is 9.55. The largest absolute Gasteiger partial charge is 0.444 e. The van der Waals surface area contributed by atoms with Crippen LogP contribution in [0.15, 0.2) is 45.9 Å². The van der Waals surface area contributed by atoms with E-state index >= 15 is 0 Å². The number of rotatable bonds is 3. The summed E-state index contributed by atoms with van der Waals surface area (Å²) in [5, 5.41) is 2.98. The van der Waals surface area contributed by atoms with Crippen LogP contribution in [0.25, 0.3) is 0 Å². The minimum Gasteiger partial charge on any atom is -0.444 e. The molecule has 1 aromatic heterocycles. The first-order valence-corrected chi connectivity index (χ1v) is 5.27. The van der Waals surface area contributed by atoms with Gasteiger partial charge in [-0.2, -0.15) is 0 Å². The Labute approximate surface area is 99.4 Å². The van der Waals surface area contributed by atoms with Crippen LogP contribution >= 0.6 is 0 Å². The van der Waals surface area contributed by atoms with Crippen molar-refractivity contribution >= 4 is 11.6 Å². The van der Waals surface area contributed by atoms with E-state index in [0.717, 1.165) is 11.4 Å². The maximum Gasteiger partial charge on any atom is 0.216 e. The molecule has 88 valence electrons. The molecule has 1 heterocycles. The molecule has 0 aliphatic heterocycles. The van der Waals surface area contributed by atoms with E-state index in [1.54, 1.807) is 6.20 Å². The van der Waals surface area contributed by atoms with Gasteiger partial charge in [0.15, 0.2) is 5.96 Å². The number of hydrogen-bond acceptors (Lipinski definition) is 3. The molecule has 0 amide bonds. The monoisotopic (exact) mass is 230 g/mol. The summed E-state index contributed by atoms with van der Waals surface area (Å²) in [4.78, 5) is 8.17. The number of oxazole rings is 1. The van der Waals surface area contributed by atoms with Gasteiger partial charge >= 0.3 is 0 Å². The van der Waals surface area contributed by atoms with Crippen molar-refractivity contribution in [1.29, 1.82) is 0 Å². The highest BCUT2D eigenvalue weighted by atomic mass is 16.4. The lowest BCUT2D eigenvalue weighted by Gasteiger charge is -2.03. The highest BCUT2D eigenvalue weighted by Gasteiger charge is 1.99. The molecular weight excluding hydrogens is 216 g/mol. The predicted molar refractivity (Wildman–Crippen MR) is 66.6 cm³/mol. The van der Waals surface area contributed by atoms with E-state index in [1.807, 2.05) is 37.3 Å². The zero-order chi connectivity index (χ0) is 12.1. The summed E-state index contributed by atoms with van der Waals surface area (Å²) in [7, 11) is 0. The zero-order valence-electron chi connectivity index (χ0n) is 9.55. The summed E-state index contributed by atoms with van der Waals surface area (Å²) in [6.45, 7) is 2.17. The van der Waals surface area contributed by atoms with Gasteiger partial charge in [0, 0.05) is 5.69 Å². The smallest absolute Gasteiger partial charge is 0.216 e. The van der Waals surface area contributed by atoms with E-state index in [0.29, 0.717) is 18.4 Å². The molecule has 2 aromatic rings. The van der Waals surface area contributed by atoms with Crippen molar-refractivity contribution < 1.29 is 4.42 Å². The first kappa shape index (κ1) is 11.2. The number of aliphatic imine (C=N–C) groups is 1. The van der Waals surface area contributed by atoms with Crippen LogP contribution in [0, 0.1) is 6.92 Å². The molecule has 0 radical (unpaired) electrons. The van der Waals surface area contributed by atoms with Crippen LogP contribution in [0.5, 0.6) is 0 Å². The van der Waals surface area contributed by atoms with E-state index in [4.69, 9.17) is 10.2 Å². The van der Waals surface area contributed by atoms with Gasteiger partial charge in [0.1, 0.15) is 12.3 Å². The van der Waals surface area contributed by atoms with Gasteiger partial charge in [-0.15, -0.1) is 0 Å². The summed E-state index contributed by atoms with van der Waals surface area (Å²) in [5.41, 5.74) is 6.63. The Morgan fingerprint density at radius 2 is 2.18 bits per heavy atom. The molecule has 0 unspecified atom stereocenters. The number of anilines is 1. The van der Waals surface area contributed by atoms with Crippen molar-refractivity contribution in [2.45, 2.75) is 13.5 Å². The molecule has 17 heavy (non-hydrogen) atoms. The van der Waals surface area contributed by atoms with Gasteiger partial charge in [0.05, 0.1) is 6.20 Å². The van der Waals surface area contributed by atoms with Crippen LogP contribution < -0.4 is 11.1 Å². The fourth-order valence-corrected chi connectivity index (χ4v) is 1.34. The standard InChI is InChI=1S/C12H14N4O/c1-9-7-14-11(17-9)8-15-12(13)16-10-5-3-2-4-6-10/h2-7H,8H2,1H3,(H3,13,15,16). The van der Waals surface area contributed by atoms with Crippen LogP contribution in [-0.2, 0) is 6.54 Å². The molecule has 0 aliphatic rings. The van der Waals surface area contributed by atoms with Gasteiger partial charge < -0.3 is 15.5 Å². The molecular formula is C12H14N4O. The summed E-state index contributed by atoms with van der Waals surface area (Å²) >= 11 is 0. The van der Waals surface area contributed by atoms with Gasteiger partial charge in [-0.25, -0.2) is 9.98 Å². The van der Waals surface area contributed by atoms with E-state index < -0.39 is 0 Å². The maximum atomic E-state index is 5.73. The number of aromatic nitrogens is 1. The van der Waals surface area contributed by atoms with Crippen LogP contribution in [0.2, 0.25) is 0 Å². The average Bonchev–Trinajstić information content (AvgIpc) is 2.74. The molecule has 0 saturated heterocycles. The number of aryl methyl sites for hydroxylation is 1. The van der Waals surface area contributed by atoms with Gasteiger partial charge in [-0.05, 0) is 19.1 Å². The highest BCUT2D eigenvalue weighted by Crippen LogP contribution is 2.05. The van der Waals surface area contributed by atoms with E-state index in [1.165, 1.54) is 0 Å². The highest BCUT2D eigenvalue weighted by molar-refractivity contribution is 5.92. The van der Waals surface area contributed by atoms with Gasteiger partial charge in [0.25, 0.3) is 0 Å². The fraction of sp³-hybridized carbons (Fsp3) is 0.167. The average molecular weight is 230 g/mol. The van der Waals surface area contributed by atoms with E-state index in [9.17, 15) is 0 Å². The number of nitrogens with zero attached hydrogens (tertiary/aromatic N) is 2. The maximum absolute atomic E-state index is 5.73. The third kappa shape index (κ3) is 3.34. The lowest BCUT2D eigenvalue weighted by Crippen LogP contribution is -2.22. The van der Waals surface area contributed by atoms with Crippen molar-refractivity contribution in [2.24, 2.45) is 10.7 Å². The molecule has 0 aliphatic carbocycles. The minimum atomic E-state index is 0.333. The lowest BCUT2D eigenvalue weighted by atomic mass is 10.3. The normalized spacial score (nSPS) is 11.5. The number of hydrogen-bond donors (Lipinski definition) is 2. The van der Waals surface area contributed by atoms with E-state index in [-0.39, 0.29) is 0 Å². The Balaban J connectivity index is 1.94. The van der Waals surface area contributed by atoms with Gasteiger partial charge in [-0.1, -0.05) is 18.2 Å². The first-order chi connectivity index (χ1) is 8.24. The third-order valence-electron chi connectivity index (χ3n) is 2.10. The minimum absolute atomic E-state index is 0.333. The summed E-state index contributed by atoms with van der Waals surface area (Å²) < 4.78 is 5.28. The number of nitrogens with two attached hydrogens (primary N) is 1. The molecule has 0 bridgehead atoms. The topological polar surface area (TPSA) is 76.4 Å². The van der Waals surface area contributed by atoms with Crippen molar-refractivity contribution in [3.05, 3.63) is 48.2 Å². The number of nitrogens with one attached hydrogen (secondary N) is 1. The lowest BCUT2D eigenvalue weighted by molar-refractivity contribution is 0.474. The third-order valence-corrected chi connectivity index (χ3v) is 2.10. The molecule has 0 fully saturated rings. The molecule has 5 nitrogen and oxygen atoms in total. The molecule has 0 atom stereocenters. The second-order valence-electron chi connectivity index (χ2n) is 3.56. The summed E-state index contributed by atoms with van der Waals surface area (Å²) in [6, 6.07) is 9.61. The second-order valence-corrected chi connectivity index (χ2v) is 3.56. The molecule has 3 N–H and O–H groups in total. The SMILES string of the molecule is Cc1cnc(CN=C(N)Nc2ccccc2)o1. The Morgan fingerprint density at radius 1 is 1.41 bits per heavy atom. The molecule has 0 spiro atoms. The fourth-order valence-electron chi connectivity index (χ4n) is 1.34. The van der Waals surface area contributed by atoms with Gasteiger partial charge in [0.2, 0.25) is 5.89 Å². The van der Waals surface area contributed by atoms with Crippen molar-refractivity contribution in [3.8, 4) is 0 Å². The second kappa shape index (κ2) is 5.16. The number of benzene rings is 1. The number of para-hydroxylation sites is 1. The van der Waals surface area contributed by atoms with Crippen LogP contribution in [-0.4, -0.2) is 10.9 Å². The number of guanidine groups is 1. The molecule has 5 heteroatoms. The Kier molecular flexibility index (Phi) is 3.40. The van der Waals surface area contributed by atoms with Crippen LogP contribution in [0.4, 0.5) is 5.69 Å². The Bertz CT molecular complexity index is 504.